The highest BCUT2D eigenvalue weighted by Crippen LogP contribution is 2.39. The number of ketones is 4. The van der Waals surface area contributed by atoms with Crippen molar-refractivity contribution in [2.24, 2.45) is 64.5 Å². The molecule has 2 aliphatic heterocycles. The van der Waals surface area contributed by atoms with E-state index in [1.807, 2.05) is 88.3 Å². The summed E-state index contributed by atoms with van der Waals surface area (Å²) < 4.78 is 21.9. The van der Waals surface area contributed by atoms with Crippen LogP contribution >= 0.6 is 0 Å². The molecule has 0 radical (unpaired) electrons. The van der Waals surface area contributed by atoms with Gasteiger partial charge in [0, 0.05) is 57.1 Å². The fraction of sp³-hybridized carbons (Fsp3) is 0.500. The van der Waals surface area contributed by atoms with E-state index in [-0.39, 0.29) is 98.5 Å². The molecule has 2 aromatic heterocycles. The van der Waals surface area contributed by atoms with E-state index in [2.05, 4.69) is 17.6 Å². The molecule has 4 heterocycles. The van der Waals surface area contributed by atoms with Gasteiger partial charge in [-0.1, -0.05) is 124 Å². The van der Waals surface area contributed by atoms with Crippen LogP contribution in [-0.4, -0.2) is 88.3 Å². The number of carbonyl (C=O) groups excluding carboxylic acids is 8. The van der Waals surface area contributed by atoms with Crippen molar-refractivity contribution in [3.05, 3.63) is 153 Å². The first kappa shape index (κ1) is 75.5. The number of hydrogen-bond donors (Lipinski definition) is 7. The van der Waals surface area contributed by atoms with E-state index in [4.69, 9.17) is 35.5 Å². The Hall–Kier alpha value is -8.00. The minimum Gasteiger partial charge on any atom is -0.464 e. The standard InChI is InChI=1S/C36H48N2O7.C33H42N2O7.C3H9N/c1-8-9-14-26-27-18-20(2)17-23(5)31(39)24(6)19-25(7)34(45-36(37)43)21(3)12-10-13-22(4)35(42)38-30(33(27)41)29(32(26)40)28-15-11-16-44-28;1-17-14-20(4)28(36)21(5)16-22(6)31(42-33(34)40)18(2)10-8-11-19(3)32(39)35-27-26(25-12-9-13-41-25)29(37)23(7)24(15-17)30(27)38;1-2-3-4/h10-13,15-16,19-21,23-24,31,34,39H,8-9,14,17-18H2,1-7H3,(H2,37,43)(H,38,42);8-13,16-18,20-21,28,31,36H,14-15H2,1-7H3,(H2,34,40)(H,35,39);2-4H2,1H3/b12-10-,22-13+,25-19+;10-8-,19-11+,22-16+;/t20-,21-,23-,24-,31-,34+;17-,18-,20-,21-,28-,31+;/m00./s1. The molecule has 6 rings (SSSR count). The van der Waals surface area contributed by atoms with Gasteiger partial charge in [-0.15, -0.1) is 0 Å². The number of primary amides is 2. The number of Topliss-reactive ketones (excluding diaryl/α,β-unsaturated/α-hetero) is 4. The molecule has 19 nitrogen and oxygen atoms in total. The van der Waals surface area contributed by atoms with Crippen LogP contribution in [0, 0.1) is 47.3 Å². The van der Waals surface area contributed by atoms with Crippen LogP contribution < -0.4 is 27.8 Å². The molecule has 4 bridgehead atoms. The van der Waals surface area contributed by atoms with Crippen LogP contribution in [0.4, 0.5) is 9.59 Å². The zero-order valence-electron chi connectivity index (χ0n) is 55.9. The molecule has 10 N–H and O–H groups in total. The van der Waals surface area contributed by atoms with E-state index in [1.54, 1.807) is 81.5 Å². The van der Waals surface area contributed by atoms with Gasteiger partial charge >= 0.3 is 12.2 Å². The molecule has 2 aliphatic carbocycles. The number of rotatable bonds is 8. The van der Waals surface area contributed by atoms with Gasteiger partial charge in [0.15, 0.2) is 11.6 Å². The molecule has 91 heavy (non-hydrogen) atoms. The molecule has 4 aliphatic rings. The summed E-state index contributed by atoms with van der Waals surface area (Å²) in [5, 5.41) is 27.9. The monoisotopic (exact) mass is 1260 g/mol. The third-order valence-electron chi connectivity index (χ3n) is 17.0. The maximum absolute atomic E-state index is 14.2. The van der Waals surface area contributed by atoms with E-state index in [0.717, 1.165) is 37.0 Å². The summed E-state index contributed by atoms with van der Waals surface area (Å²) >= 11 is 0. The zero-order valence-corrected chi connectivity index (χ0v) is 55.9. The van der Waals surface area contributed by atoms with Crippen molar-refractivity contribution in [3.8, 4) is 0 Å². The minimum atomic E-state index is -0.913. The number of ether oxygens (including phenoxy) is 2. The van der Waals surface area contributed by atoms with Gasteiger partial charge in [-0.05, 0) is 145 Å². The van der Waals surface area contributed by atoms with Gasteiger partial charge in [0.05, 0.1) is 35.9 Å². The van der Waals surface area contributed by atoms with Crippen molar-refractivity contribution >= 4 is 58.3 Å². The Balaban J connectivity index is 0.000000367. The lowest BCUT2D eigenvalue weighted by atomic mass is 9.78. The van der Waals surface area contributed by atoms with E-state index < -0.39 is 60.0 Å². The molecule has 0 aromatic carbocycles. The second-order valence-electron chi connectivity index (χ2n) is 25.1. The molecule has 496 valence electrons. The van der Waals surface area contributed by atoms with Crippen LogP contribution in [0.5, 0.6) is 0 Å². The van der Waals surface area contributed by atoms with Crippen molar-refractivity contribution in [2.75, 3.05) is 6.54 Å². The molecule has 12 atom stereocenters. The largest absolute Gasteiger partial charge is 0.464 e. The van der Waals surface area contributed by atoms with Gasteiger partial charge in [0.1, 0.15) is 35.1 Å². The molecule has 0 fully saturated rings. The minimum absolute atomic E-state index is 0.0146. The van der Waals surface area contributed by atoms with Gasteiger partial charge in [-0.3, -0.25) is 28.8 Å². The highest BCUT2D eigenvalue weighted by Gasteiger charge is 2.40. The number of amides is 4. The summed E-state index contributed by atoms with van der Waals surface area (Å²) in [7, 11) is 0. The highest BCUT2D eigenvalue weighted by atomic mass is 16.6. The lowest BCUT2D eigenvalue weighted by molar-refractivity contribution is -0.120. The second-order valence-corrected chi connectivity index (χ2v) is 25.1. The molecule has 19 heteroatoms. The normalized spacial score (nSPS) is 30.3. The van der Waals surface area contributed by atoms with Crippen molar-refractivity contribution in [2.45, 2.75) is 180 Å². The SMILES string of the molecule is CC1=C2C[C@@H](C)C[C@H](C)[C@H](O)[C@@H](C)/C=C(\C)[C@H](OC(N)=O)[C@@H](C)/C=C\C=C(/C)C(=O)NC(=C(c3ccco3)C1=O)C2=O.CCCCC1=C2C[C@@H](C)C[C@H](C)[C@H](O)[C@@H](C)/C=C(\C)[C@H](OC(N)=O)[C@@H](C)/C=C\C=C(/C)C(=O)NC(=C(c3ccco3)C1=O)C2=O.CCCN. The first-order chi connectivity index (χ1) is 42.9. The Bertz CT molecular complexity index is 3270. The zero-order chi connectivity index (χ0) is 68.1. The number of nitrogens with two attached hydrogens (primary N) is 3. The number of nitrogens with one attached hydrogen (secondary N) is 2. The number of carbonyl (C=O) groups is 8. The Kier molecular flexibility index (Phi) is 29.5. The predicted molar refractivity (Wildman–Crippen MR) is 352 cm³/mol. The highest BCUT2D eigenvalue weighted by molar-refractivity contribution is 6.40. The number of unbranched alkanes of at least 4 members (excludes halogenated alkanes) is 1. The molecule has 0 spiro atoms. The number of fused-ring (bicyclic) bond motifs is 4. The quantitative estimate of drug-likeness (QED) is 0.0954. The Morgan fingerprint density at radius 2 is 0.978 bits per heavy atom. The van der Waals surface area contributed by atoms with Crippen LogP contribution in [0.25, 0.3) is 11.1 Å². The summed E-state index contributed by atoms with van der Waals surface area (Å²) in [6.07, 6.45) is 16.9. The Labute approximate surface area is 537 Å². The van der Waals surface area contributed by atoms with Crippen LogP contribution in [0.15, 0.2) is 150 Å². The van der Waals surface area contributed by atoms with Crippen LogP contribution in [0.2, 0.25) is 0 Å². The van der Waals surface area contributed by atoms with Gasteiger partial charge in [-0.25, -0.2) is 9.59 Å². The maximum Gasteiger partial charge on any atom is 0.405 e. The summed E-state index contributed by atoms with van der Waals surface area (Å²) in [6.45, 7) is 28.8. The fourth-order valence-corrected chi connectivity index (χ4v) is 12.0. The number of aliphatic hydroxyl groups excluding tert-OH is 2. The molecule has 2 aromatic rings. The molecular weight excluding hydrogens is 1160 g/mol. The average Bonchev–Trinajstić information content (AvgIpc) is 1.61. The first-order valence-electron chi connectivity index (χ1n) is 31.7. The summed E-state index contributed by atoms with van der Waals surface area (Å²) in [5.74, 6) is -3.79. The van der Waals surface area contributed by atoms with Crippen molar-refractivity contribution < 1.29 is 66.9 Å². The van der Waals surface area contributed by atoms with E-state index in [9.17, 15) is 48.6 Å². The number of allylic oxidation sites excluding steroid dienone is 10. The van der Waals surface area contributed by atoms with Gasteiger partial charge in [-0.2, -0.15) is 0 Å². The fourth-order valence-electron chi connectivity index (χ4n) is 12.0. The lowest BCUT2D eigenvalue weighted by Crippen LogP contribution is -2.35. The summed E-state index contributed by atoms with van der Waals surface area (Å²) in [5.41, 5.74) is 19.2. The number of furan rings is 2. The van der Waals surface area contributed by atoms with Crippen molar-refractivity contribution in [1.29, 1.82) is 0 Å². The van der Waals surface area contributed by atoms with Gasteiger partial charge in [0.2, 0.25) is 11.6 Å². The lowest BCUT2D eigenvalue weighted by Gasteiger charge is -2.29. The van der Waals surface area contributed by atoms with Crippen LogP contribution in [0.3, 0.4) is 0 Å². The summed E-state index contributed by atoms with van der Waals surface area (Å²) in [6, 6.07) is 6.43. The average molecular weight is 1260 g/mol. The smallest absolute Gasteiger partial charge is 0.405 e. The predicted octanol–water partition coefficient (Wildman–Crippen LogP) is 11.9. The Morgan fingerprint density at radius 3 is 1.35 bits per heavy atom. The molecule has 0 saturated carbocycles. The van der Waals surface area contributed by atoms with E-state index in [1.165, 1.54) is 12.5 Å². The van der Waals surface area contributed by atoms with E-state index in [0.29, 0.717) is 60.0 Å². The van der Waals surface area contributed by atoms with Crippen molar-refractivity contribution in [1.82, 2.24) is 10.6 Å². The second kappa shape index (κ2) is 35.6. The van der Waals surface area contributed by atoms with Crippen LogP contribution in [-0.2, 0) is 38.2 Å². The first-order valence-corrected chi connectivity index (χ1v) is 31.7. The van der Waals surface area contributed by atoms with Gasteiger partial charge in [0.25, 0.3) is 11.8 Å². The third kappa shape index (κ3) is 20.8. The van der Waals surface area contributed by atoms with Crippen molar-refractivity contribution in [3.63, 3.8) is 0 Å². The van der Waals surface area contributed by atoms with Gasteiger partial charge < -0.3 is 56.4 Å². The van der Waals surface area contributed by atoms with E-state index >= 15 is 0 Å². The number of aliphatic hydroxyl groups is 2. The number of hydrogen-bond acceptors (Lipinski definition) is 15. The molecule has 0 saturated heterocycles. The Morgan fingerprint density at radius 1 is 0.582 bits per heavy atom. The summed E-state index contributed by atoms with van der Waals surface area (Å²) in [4.78, 5) is 106. The molecule has 4 amide bonds. The topological polar surface area (TPSA) is 324 Å². The third-order valence-corrected chi connectivity index (χ3v) is 17.0. The van der Waals surface area contributed by atoms with Crippen LogP contribution in [0.1, 0.15) is 167 Å². The maximum atomic E-state index is 14.2. The molecule has 0 unspecified atom stereocenters. The molecular formula is C72H99N5O14.